The SMILES string of the molecule is CCCn1ncc(Cl)c1C(CSCC)NC. The number of hydrogen-bond donors (Lipinski definition) is 1. The molecular weight excluding hydrogens is 242 g/mol. The fourth-order valence-electron chi connectivity index (χ4n) is 1.64. The molecule has 0 aliphatic rings. The third kappa shape index (κ3) is 3.40. The minimum Gasteiger partial charge on any atom is -0.311 e. The quantitative estimate of drug-likeness (QED) is 0.819. The fraction of sp³-hybridized carbons (Fsp3) is 0.727. The van der Waals surface area contributed by atoms with Gasteiger partial charge in [0.05, 0.1) is 23.0 Å². The maximum atomic E-state index is 6.20. The molecule has 92 valence electrons. The Morgan fingerprint density at radius 1 is 1.56 bits per heavy atom. The first-order valence-electron chi connectivity index (χ1n) is 5.70. The largest absolute Gasteiger partial charge is 0.311 e. The van der Waals surface area contributed by atoms with Gasteiger partial charge in [-0.05, 0) is 19.2 Å². The summed E-state index contributed by atoms with van der Waals surface area (Å²) in [5.74, 6) is 2.15. The van der Waals surface area contributed by atoms with Crippen molar-refractivity contribution in [2.75, 3.05) is 18.6 Å². The highest BCUT2D eigenvalue weighted by molar-refractivity contribution is 7.99. The Hall–Kier alpha value is -0.190. The Kier molecular flexibility index (Phi) is 6.24. The predicted octanol–water partition coefficient (Wildman–Crippen LogP) is 2.96. The van der Waals surface area contributed by atoms with E-state index in [1.54, 1.807) is 6.20 Å². The van der Waals surface area contributed by atoms with E-state index in [0.29, 0.717) is 0 Å². The van der Waals surface area contributed by atoms with Gasteiger partial charge >= 0.3 is 0 Å². The molecule has 1 atom stereocenters. The van der Waals surface area contributed by atoms with Crippen molar-refractivity contribution in [1.82, 2.24) is 15.1 Å². The number of rotatable bonds is 7. The molecule has 0 fully saturated rings. The van der Waals surface area contributed by atoms with Gasteiger partial charge < -0.3 is 5.32 Å². The predicted molar refractivity (Wildman–Crippen MR) is 72.3 cm³/mol. The molecule has 0 bridgehead atoms. The average Bonchev–Trinajstić information content (AvgIpc) is 2.63. The highest BCUT2D eigenvalue weighted by Crippen LogP contribution is 2.25. The number of aromatic nitrogens is 2. The molecule has 16 heavy (non-hydrogen) atoms. The van der Waals surface area contributed by atoms with Gasteiger partial charge in [-0.15, -0.1) is 0 Å². The molecule has 1 aromatic heterocycles. The van der Waals surface area contributed by atoms with Crippen LogP contribution in [0.3, 0.4) is 0 Å². The van der Waals surface area contributed by atoms with Crippen LogP contribution in [0.25, 0.3) is 0 Å². The Balaban J connectivity index is 2.84. The minimum absolute atomic E-state index is 0.284. The molecule has 1 unspecified atom stereocenters. The summed E-state index contributed by atoms with van der Waals surface area (Å²) < 4.78 is 2.01. The zero-order valence-corrected chi connectivity index (χ0v) is 11.7. The molecular formula is C11H20ClN3S. The van der Waals surface area contributed by atoms with Crippen LogP contribution in [0.2, 0.25) is 5.02 Å². The summed E-state index contributed by atoms with van der Waals surface area (Å²) >= 11 is 8.11. The third-order valence-electron chi connectivity index (χ3n) is 2.44. The molecule has 0 aliphatic heterocycles. The molecule has 1 rings (SSSR count). The molecule has 3 nitrogen and oxygen atoms in total. The second-order valence-corrected chi connectivity index (χ2v) is 5.33. The second kappa shape index (κ2) is 7.20. The van der Waals surface area contributed by atoms with E-state index in [4.69, 9.17) is 11.6 Å². The van der Waals surface area contributed by atoms with Crippen molar-refractivity contribution in [3.05, 3.63) is 16.9 Å². The lowest BCUT2D eigenvalue weighted by molar-refractivity contribution is 0.524. The normalized spacial score (nSPS) is 13.0. The van der Waals surface area contributed by atoms with Crippen LogP contribution in [0.5, 0.6) is 0 Å². The van der Waals surface area contributed by atoms with Crippen LogP contribution < -0.4 is 5.32 Å². The van der Waals surface area contributed by atoms with Crippen molar-refractivity contribution < 1.29 is 0 Å². The molecule has 0 spiro atoms. The fourth-order valence-corrected chi connectivity index (χ4v) is 2.71. The van der Waals surface area contributed by atoms with Crippen molar-refractivity contribution in [3.63, 3.8) is 0 Å². The number of nitrogens with one attached hydrogen (secondary N) is 1. The van der Waals surface area contributed by atoms with E-state index >= 15 is 0 Å². The van der Waals surface area contributed by atoms with Gasteiger partial charge in [-0.2, -0.15) is 16.9 Å². The molecule has 5 heteroatoms. The van der Waals surface area contributed by atoms with E-state index in [2.05, 4.69) is 24.3 Å². The topological polar surface area (TPSA) is 29.9 Å². The lowest BCUT2D eigenvalue weighted by atomic mass is 10.2. The molecule has 0 saturated heterocycles. The number of halogens is 1. The van der Waals surface area contributed by atoms with Gasteiger partial charge in [-0.3, -0.25) is 4.68 Å². The molecule has 1 aromatic rings. The molecule has 1 heterocycles. The summed E-state index contributed by atoms with van der Waals surface area (Å²) in [4.78, 5) is 0. The van der Waals surface area contributed by atoms with Crippen molar-refractivity contribution in [1.29, 1.82) is 0 Å². The van der Waals surface area contributed by atoms with Gasteiger partial charge in [0.15, 0.2) is 0 Å². The number of aryl methyl sites for hydroxylation is 1. The van der Waals surface area contributed by atoms with Crippen molar-refractivity contribution in [3.8, 4) is 0 Å². The second-order valence-electron chi connectivity index (χ2n) is 3.60. The summed E-state index contributed by atoms with van der Waals surface area (Å²) in [7, 11) is 1.97. The smallest absolute Gasteiger partial charge is 0.0834 e. The van der Waals surface area contributed by atoms with Crippen LogP contribution in [-0.4, -0.2) is 28.3 Å². The van der Waals surface area contributed by atoms with E-state index < -0.39 is 0 Å². The van der Waals surface area contributed by atoms with Crippen LogP contribution in [0, 0.1) is 0 Å². The summed E-state index contributed by atoms with van der Waals surface area (Å²) in [6.45, 7) is 5.24. The first kappa shape index (κ1) is 13.9. The van der Waals surface area contributed by atoms with Crippen LogP contribution in [0.4, 0.5) is 0 Å². The van der Waals surface area contributed by atoms with Gasteiger partial charge in [0, 0.05) is 12.3 Å². The van der Waals surface area contributed by atoms with Crippen LogP contribution in [-0.2, 0) is 6.54 Å². The van der Waals surface area contributed by atoms with Crippen molar-refractivity contribution >= 4 is 23.4 Å². The van der Waals surface area contributed by atoms with Crippen molar-refractivity contribution in [2.45, 2.75) is 32.9 Å². The van der Waals surface area contributed by atoms with Gasteiger partial charge in [0.1, 0.15) is 0 Å². The zero-order valence-electron chi connectivity index (χ0n) is 10.2. The summed E-state index contributed by atoms with van der Waals surface area (Å²) in [6, 6.07) is 0.284. The first-order chi connectivity index (χ1) is 7.74. The van der Waals surface area contributed by atoms with Gasteiger partial charge in [-0.25, -0.2) is 0 Å². The lowest BCUT2D eigenvalue weighted by Gasteiger charge is -2.17. The molecule has 0 saturated carbocycles. The van der Waals surface area contributed by atoms with Crippen LogP contribution in [0.1, 0.15) is 32.0 Å². The van der Waals surface area contributed by atoms with Gasteiger partial charge in [-0.1, -0.05) is 25.4 Å². The zero-order chi connectivity index (χ0) is 12.0. The molecule has 0 amide bonds. The molecule has 1 N–H and O–H groups in total. The number of hydrogen-bond acceptors (Lipinski definition) is 3. The van der Waals surface area contributed by atoms with E-state index in [-0.39, 0.29) is 6.04 Å². The monoisotopic (exact) mass is 261 g/mol. The Bertz CT molecular complexity index is 314. The Labute approximate surface area is 107 Å². The number of nitrogens with zero attached hydrogens (tertiary/aromatic N) is 2. The Morgan fingerprint density at radius 3 is 2.88 bits per heavy atom. The highest BCUT2D eigenvalue weighted by Gasteiger charge is 2.18. The molecule has 0 radical (unpaired) electrons. The van der Waals surface area contributed by atoms with Crippen LogP contribution >= 0.6 is 23.4 Å². The maximum absolute atomic E-state index is 6.20. The minimum atomic E-state index is 0.284. The first-order valence-corrected chi connectivity index (χ1v) is 7.24. The number of thioether (sulfide) groups is 1. The van der Waals surface area contributed by atoms with E-state index in [9.17, 15) is 0 Å². The van der Waals surface area contributed by atoms with E-state index in [0.717, 1.165) is 35.2 Å². The lowest BCUT2D eigenvalue weighted by Crippen LogP contribution is -2.23. The van der Waals surface area contributed by atoms with Crippen molar-refractivity contribution in [2.24, 2.45) is 0 Å². The molecule has 0 aromatic carbocycles. The van der Waals surface area contributed by atoms with E-state index in [1.165, 1.54) is 0 Å². The highest BCUT2D eigenvalue weighted by atomic mass is 35.5. The third-order valence-corrected chi connectivity index (χ3v) is 3.70. The Morgan fingerprint density at radius 2 is 2.31 bits per heavy atom. The summed E-state index contributed by atoms with van der Waals surface area (Å²) in [5.41, 5.74) is 1.12. The van der Waals surface area contributed by atoms with Gasteiger partial charge in [0.2, 0.25) is 0 Å². The van der Waals surface area contributed by atoms with Gasteiger partial charge in [0.25, 0.3) is 0 Å². The summed E-state index contributed by atoms with van der Waals surface area (Å²) in [6.07, 6.45) is 2.82. The summed E-state index contributed by atoms with van der Waals surface area (Å²) in [5, 5.41) is 8.40. The van der Waals surface area contributed by atoms with E-state index in [1.807, 2.05) is 23.5 Å². The maximum Gasteiger partial charge on any atom is 0.0834 e. The standard InChI is InChI=1S/C11H20ClN3S/c1-4-6-15-11(9(12)7-14-15)10(13-3)8-16-5-2/h7,10,13H,4-6,8H2,1-3H3. The average molecular weight is 262 g/mol. The van der Waals surface area contributed by atoms with Crippen LogP contribution in [0.15, 0.2) is 6.20 Å². The molecule has 0 aliphatic carbocycles.